The van der Waals surface area contributed by atoms with Crippen molar-refractivity contribution in [3.8, 4) is 0 Å². The molecule has 1 aromatic heterocycles. The van der Waals surface area contributed by atoms with E-state index >= 15 is 0 Å². The molecule has 3 amide bonds. The minimum atomic E-state index is -0.814. The van der Waals surface area contributed by atoms with Crippen molar-refractivity contribution in [2.24, 2.45) is 0 Å². The van der Waals surface area contributed by atoms with Gasteiger partial charge in [-0.25, -0.2) is 4.79 Å². The van der Waals surface area contributed by atoms with Crippen molar-refractivity contribution in [3.05, 3.63) is 75.7 Å². The summed E-state index contributed by atoms with van der Waals surface area (Å²) >= 11 is 0. The summed E-state index contributed by atoms with van der Waals surface area (Å²) in [5.74, 6) is -0.433. The Kier molecular flexibility index (Phi) is 4.61. The van der Waals surface area contributed by atoms with Crippen LogP contribution in [-0.2, 0) is 4.79 Å². The van der Waals surface area contributed by atoms with Gasteiger partial charge in [0.2, 0.25) is 0 Å². The number of nitro benzene ring substituents is 1. The topological polar surface area (TPSA) is 126 Å². The Morgan fingerprint density at radius 2 is 2.00 bits per heavy atom. The maximum Gasteiger partial charge on any atom is 0.319 e. The molecule has 2 heterocycles. The number of carbonyl (C=O) groups is 2. The summed E-state index contributed by atoms with van der Waals surface area (Å²) in [4.78, 5) is 39.0. The van der Waals surface area contributed by atoms with Gasteiger partial charge in [0.15, 0.2) is 0 Å². The van der Waals surface area contributed by atoms with Crippen LogP contribution in [0.25, 0.3) is 0 Å². The molecule has 0 fully saturated rings. The van der Waals surface area contributed by atoms with Crippen molar-refractivity contribution in [1.29, 1.82) is 0 Å². The SMILES string of the molecule is CC1=C(C(=O)Nc2ccncc2)C(c2cccc([N+](=O)[O-])c2)NC(=O)N1. The Bertz CT molecular complexity index is 910. The highest BCUT2D eigenvalue weighted by atomic mass is 16.6. The average molecular weight is 353 g/mol. The van der Waals surface area contributed by atoms with Crippen LogP contribution in [0.4, 0.5) is 16.2 Å². The number of nitro groups is 1. The lowest BCUT2D eigenvalue weighted by atomic mass is 9.94. The van der Waals surface area contributed by atoms with Crippen molar-refractivity contribution >= 4 is 23.3 Å². The van der Waals surface area contributed by atoms with E-state index < -0.39 is 22.9 Å². The molecule has 2 aromatic rings. The number of anilines is 1. The highest BCUT2D eigenvalue weighted by Gasteiger charge is 2.31. The van der Waals surface area contributed by atoms with Crippen LogP contribution in [0.3, 0.4) is 0 Å². The Balaban J connectivity index is 1.98. The van der Waals surface area contributed by atoms with E-state index in [9.17, 15) is 19.7 Å². The minimum Gasteiger partial charge on any atom is -0.327 e. The van der Waals surface area contributed by atoms with Gasteiger partial charge < -0.3 is 16.0 Å². The summed E-state index contributed by atoms with van der Waals surface area (Å²) in [5, 5.41) is 19.0. The van der Waals surface area contributed by atoms with Crippen molar-refractivity contribution in [3.63, 3.8) is 0 Å². The predicted octanol–water partition coefficient (Wildman–Crippen LogP) is 2.26. The van der Waals surface area contributed by atoms with E-state index in [0.29, 0.717) is 16.9 Å². The molecular formula is C17H15N5O4. The van der Waals surface area contributed by atoms with Crippen LogP contribution in [0.5, 0.6) is 0 Å². The number of urea groups is 1. The molecule has 1 aliphatic rings. The summed E-state index contributed by atoms with van der Waals surface area (Å²) in [5.41, 5.74) is 1.49. The monoisotopic (exact) mass is 353 g/mol. The zero-order chi connectivity index (χ0) is 18.7. The number of hydrogen-bond donors (Lipinski definition) is 3. The molecule has 0 spiro atoms. The summed E-state index contributed by atoms with van der Waals surface area (Å²) in [6.07, 6.45) is 3.07. The van der Waals surface area contributed by atoms with Gasteiger partial charge in [0.05, 0.1) is 16.5 Å². The van der Waals surface area contributed by atoms with Crippen molar-refractivity contribution in [2.75, 3.05) is 5.32 Å². The fourth-order valence-corrected chi connectivity index (χ4v) is 2.70. The number of nitrogens with zero attached hydrogens (tertiary/aromatic N) is 2. The smallest absolute Gasteiger partial charge is 0.319 e. The van der Waals surface area contributed by atoms with Gasteiger partial charge in [0.1, 0.15) is 0 Å². The van der Waals surface area contributed by atoms with Gasteiger partial charge in [0.25, 0.3) is 11.6 Å². The fourth-order valence-electron chi connectivity index (χ4n) is 2.70. The van der Waals surface area contributed by atoms with E-state index in [1.165, 1.54) is 30.6 Å². The summed E-state index contributed by atoms with van der Waals surface area (Å²) in [6, 6.07) is 7.77. The van der Waals surface area contributed by atoms with Crippen molar-refractivity contribution in [1.82, 2.24) is 15.6 Å². The van der Waals surface area contributed by atoms with Crippen LogP contribution in [-0.4, -0.2) is 21.8 Å². The molecule has 9 nitrogen and oxygen atoms in total. The van der Waals surface area contributed by atoms with Crippen LogP contribution < -0.4 is 16.0 Å². The minimum absolute atomic E-state index is 0.123. The third-order valence-corrected chi connectivity index (χ3v) is 3.87. The van der Waals surface area contributed by atoms with E-state index in [0.717, 1.165) is 0 Å². The quantitative estimate of drug-likeness (QED) is 0.574. The van der Waals surface area contributed by atoms with Crippen LogP contribution in [0.15, 0.2) is 60.1 Å². The number of non-ortho nitro benzene ring substituents is 1. The number of rotatable bonds is 4. The molecule has 1 unspecified atom stereocenters. The molecule has 1 aromatic carbocycles. The zero-order valence-electron chi connectivity index (χ0n) is 13.7. The normalized spacial score (nSPS) is 16.5. The zero-order valence-corrected chi connectivity index (χ0v) is 13.7. The Morgan fingerprint density at radius 1 is 1.27 bits per heavy atom. The second kappa shape index (κ2) is 7.01. The van der Waals surface area contributed by atoms with Gasteiger partial charge in [-0.1, -0.05) is 12.1 Å². The number of carbonyl (C=O) groups excluding carboxylic acids is 2. The van der Waals surface area contributed by atoms with Gasteiger partial charge in [-0.3, -0.25) is 19.9 Å². The van der Waals surface area contributed by atoms with Crippen LogP contribution in [0.2, 0.25) is 0 Å². The van der Waals surface area contributed by atoms with Gasteiger partial charge in [0, 0.05) is 35.9 Å². The Hall–Kier alpha value is -3.75. The molecule has 0 radical (unpaired) electrons. The highest BCUT2D eigenvalue weighted by molar-refractivity contribution is 6.06. The molecule has 0 bridgehead atoms. The molecule has 0 saturated carbocycles. The maximum absolute atomic E-state index is 12.8. The summed E-state index contributed by atoms with van der Waals surface area (Å²) in [7, 11) is 0. The lowest BCUT2D eigenvalue weighted by Gasteiger charge is -2.28. The third kappa shape index (κ3) is 3.51. The van der Waals surface area contributed by atoms with E-state index in [4.69, 9.17) is 0 Å². The Labute approximate surface area is 148 Å². The van der Waals surface area contributed by atoms with Crippen LogP contribution in [0.1, 0.15) is 18.5 Å². The highest BCUT2D eigenvalue weighted by Crippen LogP contribution is 2.29. The van der Waals surface area contributed by atoms with Gasteiger partial charge >= 0.3 is 6.03 Å². The van der Waals surface area contributed by atoms with Crippen molar-refractivity contribution < 1.29 is 14.5 Å². The lowest BCUT2D eigenvalue weighted by molar-refractivity contribution is -0.384. The third-order valence-electron chi connectivity index (χ3n) is 3.87. The standard InChI is InChI=1S/C17H15N5O4/c1-10-14(16(23)20-12-5-7-18-8-6-12)15(21-17(24)19-10)11-3-2-4-13(9-11)22(25)26/h2-9,15H,1H3,(H,18,20,23)(H2,19,21,24). The van der Waals surface area contributed by atoms with Crippen LogP contribution in [0, 0.1) is 10.1 Å². The van der Waals surface area contributed by atoms with E-state index in [1.807, 2.05) is 0 Å². The van der Waals surface area contributed by atoms with Gasteiger partial charge in [-0.05, 0) is 24.6 Å². The van der Waals surface area contributed by atoms with Crippen LogP contribution >= 0.6 is 0 Å². The van der Waals surface area contributed by atoms with E-state index in [-0.39, 0.29) is 11.3 Å². The number of nitrogens with one attached hydrogen (secondary N) is 3. The molecule has 9 heteroatoms. The molecule has 26 heavy (non-hydrogen) atoms. The predicted molar refractivity (Wildman–Crippen MR) is 93.1 cm³/mol. The molecule has 0 saturated heterocycles. The van der Waals surface area contributed by atoms with E-state index in [1.54, 1.807) is 25.1 Å². The molecule has 3 rings (SSSR count). The first-order chi connectivity index (χ1) is 12.5. The number of allylic oxidation sites excluding steroid dienone is 1. The largest absolute Gasteiger partial charge is 0.327 e. The number of amides is 3. The molecule has 0 aliphatic carbocycles. The maximum atomic E-state index is 12.8. The van der Waals surface area contributed by atoms with E-state index in [2.05, 4.69) is 20.9 Å². The fraction of sp³-hybridized carbons (Fsp3) is 0.118. The summed E-state index contributed by atoms with van der Waals surface area (Å²) < 4.78 is 0. The number of pyridine rings is 1. The lowest BCUT2D eigenvalue weighted by Crippen LogP contribution is -2.46. The molecule has 1 atom stereocenters. The van der Waals surface area contributed by atoms with Gasteiger partial charge in [-0.2, -0.15) is 0 Å². The molecule has 1 aliphatic heterocycles. The number of hydrogen-bond acceptors (Lipinski definition) is 5. The first-order valence-electron chi connectivity index (χ1n) is 7.69. The number of benzene rings is 1. The first-order valence-corrected chi connectivity index (χ1v) is 7.69. The second-order valence-electron chi connectivity index (χ2n) is 5.61. The second-order valence-corrected chi connectivity index (χ2v) is 5.61. The van der Waals surface area contributed by atoms with Crippen molar-refractivity contribution in [2.45, 2.75) is 13.0 Å². The Morgan fingerprint density at radius 3 is 2.69 bits per heavy atom. The summed E-state index contributed by atoms with van der Waals surface area (Å²) in [6.45, 7) is 1.60. The number of aromatic nitrogens is 1. The molecule has 132 valence electrons. The average Bonchev–Trinajstić information content (AvgIpc) is 2.61. The molecule has 3 N–H and O–H groups in total. The van der Waals surface area contributed by atoms with Gasteiger partial charge in [-0.15, -0.1) is 0 Å². The first kappa shape index (κ1) is 17.1. The molecular weight excluding hydrogens is 338 g/mol.